The number of amides is 3. The van der Waals surface area contributed by atoms with Gasteiger partial charge in [0.2, 0.25) is 11.8 Å². The molecule has 3 amide bonds. The first-order valence-electron chi connectivity index (χ1n) is 14.8. The van der Waals surface area contributed by atoms with Gasteiger partial charge in [0.1, 0.15) is 6.04 Å². The molecule has 44 heavy (non-hydrogen) atoms. The number of β-amino-alcohol motifs (C(OH)–C–C–N with tert-alkyl or cyclic N) is 1. The molecule has 0 spiro atoms. The molecule has 0 radical (unpaired) electrons. The summed E-state index contributed by atoms with van der Waals surface area (Å²) in [6.07, 6.45) is -0.904. The number of aliphatic hydroxyl groups excluding tert-OH is 2. The van der Waals surface area contributed by atoms with E-state index in [2.05, 4.69) is 21.3 Å². The Kier molecular flexibility index (Phi) is 13.5. The van der Waals surface area contributed by atoms with Crippen molar-refractivity contribution in [1.82, 2.24) is 21.3 Å². The van der Waals surface area contributed by atoms with Crippen LogP contribution in [-0.4, -0.2) is 71.9 Å². The Bertz CT molecular complexity index is 1350. The number of benzene rings is 3. The summed E-state index contributed by atoms with van der Waals surface area (Å²) in [5.74, 6) is -0.887. The van der Waals surface area contributed by atoms with Crippen molar-refractivity contribution in [3.8, 4) is 11.1 Å². The van der Waals surface area contributed by atoms with E-state index in [1.54, 1.807) is 19.9 Å². The minimum atomic E-state index is -0.938. The molecule has 0 unspecified atom stereocenters. The molecular formula is C34H44N4O6. The standard InChI is InChI=1S/C34H44N4O6/c1-4-35-32(42)29-13-9-8-12-28(29)26-16-14-24(15-17-26)19-36-33(43)30(23-44-22-25-10-6-5-7-11-25)38-31(41)18-34(2,3)37-20-27(40)21-39/h5-17,27,30,37,39-40H,4,18-23H2,1-3H3,(H,35,42)(H,36,43)(H,38,41)/t27-,30+/m0/s1. The van der Waals surface area contributed by atoms with Crippen LogP contribution in [0, 0.1) is 0 Å². The summed E-state index contributed by atoms with van der Waals surface area (Å²) >= 11 is 0. The SMILES string of the molecule is CCNC(=O)c1ccccc1-c1ccc(CNC(=O)[C@@H](COCc2ccccc2)NC(=O)CC(C)(C)NC[C@H](O)CO)cc1. The van der Waals surface area contributed by atoms with Crippen molar-refractivity contribution in [3.63, 3.8) is 0 Å². The second-order valence-electron chi connectivity index (χ2n) is 11.2. The molecule has 0 heterocycles. The Morgan fingerprint density at radius 1 is 0.886 bits per heavy atom. The maximum absolute atomic E-state index is 13.3. The summed E-state index contributed by atoms with van der Waals surface area (Å²) in [7, 11) is 0. The van der Waals surface area contributed by atoms with Crippen molar-refractivity contribution in [1.29, 1.82) is 0 Å². The molecule has 10 heteroatoms. The van der Waals surface area contributed by atoms with Crippen LogP contribution >= 0.6 is 0 Å². The third-order valence-corrected chi connectivity index (χ3v) is 6.92. The lowest BCUT2D eigenvalue weighted by Gasteiger charge is -2.28. The molecule has 236 valence electrons. The molecular weight excluding hydrogens is 560 g/mol. The van der Waals surface area contributed by atoms with E-state index >= 15 is 0 Å². The fourth-order valence-electron chi connectivity index (χ4n) is 4.52. The lowest BCUT2D eigenvalue weighted by atomic mass is 9.98. The van der Waals surface area contributed by atoms with E-state index in [1.165, 1.54) is 0 Å². The molecule has 0 saturated heterocycles. The molecule has 3 rings (SSSR count). The third kappa shape index (κ3) is 11.2. The highest BCUT2D eigenvalue weighted by atomic mass is 16.5. The Labute approximate surface area is 259 Å². The average Bonchev–Trinajstić information content (AvgIpc) is 3.02. The van der Waals surface area contributed by atoms with E-state index in [0.29, 0.717) is 12.1 Å². The molecule has 3 aromatic carbocycles. The highest BCUT2D eigenvalue weighted by molar-refractivity contribution is 6.00. The number of ether oxygens (including phenoxy) is 1. The molecule has 0 saturated carbocycles. The topological polar surface area (TPSA) is 149 Å². The zero-order valence-corrected chi connectivity index (χ0v) is 25.6. The maximum Gasteiger partial charge on any atom is 0.251 e. The van der Waals surface area contributed by atoms with Crippen LogP contribution in [0.1, 0.15) is 48.7 Å². The van der Waals surface area contributed by atoms with E-state index < -0.39 is 23.6 Å². The Morgan fingerprint density at radius 2 is 1.57 bits per heavy atom. The van der Waals surface area contributed by atoms with Gasteiger partial charge in [0, 0.05) is 37.2 Å². The van der Waals surface area contributed by atoms with Crippen molar-refractivity contribution in [3.05, 3.63) is 95.6 Å². The number of carbonyl (C=O) groups excluding carboxylic acids is 3. The lowest BCUT2D eigenvalue weighted by Crippen LogP contribution is -2.52. The minimum absolute atomic E-state index is 0.0287. The van der Waals surface area contributed by atoms with Crippen LogP contribution in [0.5, 0.6) is 0 Å². The van der Waals surface area contributed by atoms with Crippen molar-refractivity contribution in [2.45, 2.75) is 58.0 Å². The fraction of sp³-hybridized carbons (Fsp3) is 0.382. The molecule has 2 atom stereocenters. The highest BCUT2D eigenvalue weighted by Gasteiger charge is 2.26. The Balaban J connectivity index is 1.64. The van der Waals surface area contributed by atoms with E-state index in [4.69, 9.17) is 9.84 Å². The first-order chi connectivity index (χ1) is 21.1. The number of aliphatic hydroxyl groups is 2. The smallest absolute Gasteiger partial charge is 0.251 e. The number of carbonyl (C=O) groups is 3. The lowest BCUT2D eigenvalue weighted by molar-refractivity contribution is -0.131. The maximum atomic E-state index is 13.3. The van der Waals surface area contributed by atoms with Crippen LogP contribution < -0.4 is 21.3 Å². The molecule has 0 aliphatic heterocycles. The van der Waals surface area contributed by atoms with E-state index in [-0.39, 0.29) is 51.1 Å². The second-order valence-corrected chi connectivity index (χ2v) is 11.2. The molecule has 0 aromatic heterocycles. The van der Waals surface area contributed by atoms with Crippen LogP contribution in [0.15, 0.2) is 78.9 Å². The van der Waals surface area contributed by atoms with Gasteiger partial charge in [-0.2, -0.15) is 0 Å². The van der Waals surface area contributed by atoms with Gasteiger partial charge in [-0.05, 0) is 49.1 Å². The largest absolute Gasteiger partial charge is 0.394 e. The van der Waals surface area contributed by atoms with Gasteiger partial charge in [-0.25, -0.2) is 0 Å². The van der Waals surface area contributed by atoms with E-state index in [0.717, 1.165) is 22.3 Å². The monoisotopic (exact) mass is 604 g/mol. The number of nitrogens with one attached hydrogen (secondary N) is 4. The van der Waals surface area contributed by atoms with E-state index in [1.807, 2.05) is 79.7 Å². The van der Waals surface area contributed by atoms with Crippen LogP contribution in [0.4, 0.5) is 0 Å². The summed E-state index contributed by atoms with van der Waals surface area (Å²) in [6.45, 7) is 6.23. The van der Waals surface area contributed by atoms with Gasteiger partial charge in [-0.15, -0.1) is 0 Å². The number of hydrogen-bond donors (Lipinski definition) is 6. The highest BCUT2D eigenvalue weighted by Crippen LogP contribution is 2.24. The minimum Gasteiger partial charge on any atom is -0.394 e. The molecule has 6 N–H and O–H groups in total. The van der Waals surface area contributed by atoms with Crippen LogP contribution in [0.2, 0.25) is 0 Å². The third-order valence-electron chi connectivity index (χ3n) is 6.92. The van der Waals surface area contributed by atoms with Gasteiger partial charge >= 0.3 is 0 Å². The predicted molar refractivity (Wildman–Crippen MR) is 170 cm³/mol. The van der Waals surface area contributed by atoms with Gasteiger partial charge in [-0.3, -0.25) is 14.4 Å². The average molecular weight is 605 g/mol. The number of rotatable bonds is 17. The predicted octanol–water partition coefficient (Wildman–Crippen LogP) is 2.53. The molecule has 3 aromatic rings. The molecule has 0 aliphatic rings. The first kappa shape index (κ1) is 34.4. The summed E-state index contributed by atoms with van der Waals surface area (Å²) < 4.78 is 5.81. The zero-order chi connectivity index (χ0) is 32.0. The van der Waals surface area contributed by atoms with Gasteiger partial charge < -0.3 is 36.2 Å². The van der Waals surface area contributed by atoms with Gasteiger partial charge in [-0.1, -0.05) is 72.8 Å². The van der Waals surface area contributed by atoms with Crippen molar-refractivity contribution in [2.75, 3.05) is 26.3 Å². The Hall–Kier alpha value is -4.09. The van der Waals surface area contributed by atoms with E-state index in [9.17, 15) is 19.5 Å². The van der Waals surface area contributed by atoms with Crippen molar-refractivity contribution < 1.29 is 29.3 Å². The number of hydrogen-bond acceptors (Lipinski definition) is 7. The van der Waals surface area contributed by atoms with Gasteiger partial charge in [0.15, 0.2) is 0 Å². The normalized spacial score (nSPS) is 12.7. The van der Waals surface area contributed by atoms with Gasteiger partial charge in [0.25, 0.3) is 5.91 Å². The molecule has 0 bridgehead atoms. The van der Waals surface area contributed by atoms with Crippen molar-refractivity contribution in [2.24, 2.45) is 0 Å². The molecule has 0 fully saturated rings. The fourth-order valence-corrected chi connectivity index (χ4v) is 4.52. The summed E-state index contributed by atoms with van der Waals surface area (Å²) in [5, 5.41) is 30.3. The zero-order valence-electron chi connectivity index (χ0n) is 25.6. The van der Waals surface area contributed by atoms with Crippen molar-refractivity contribution >= 4 is 17.7 Å². The second kappa shape index (κ2) is 17.3. The quantitative estimate of drug-likeness (QED) is 0.139. The molecule has 0 aliphatic carbocycles. The van der Waals surface area contributed by atoms with Crippen LogP contribution in [0.3, 0.4) is 0 Å². The van der Waals surface area contributed by atoms with Crippen LogP contribution in [-0.2, 0) is 27.5 Å². The van der Waals surface area contributed by atoms with Crippen LogP contribution in [0.25, 0.3) is 11.1 Å². The van der Waals surface area contributed by atoms with Gasteiger partial charge in [0.05, 0.1) is 25.9 Å². The summed E-state index contributed by atoms with van der Waals surface area (Å²) in [4.78, 5) is 38.7. The Morgan fingerprint density at radius 3 is 2.25 bits per heavy atom. The first-order valence-corrected chi connectivity index (χ1v) is 14.8. The molecule has 10 nitrogen and oxygen atoms in total. The summed E-state index contributed by atoms with van der Waals surface area (Å²) in [5.41, 5.74) is 3.39. The summed E-state index contributed by atoms with van der Waals surface area (Å²) in [6, 6.07) is 23.6.